The molecule has 0 spiro atoms. The first-order chi connectivity index (χ1) is 21.6. The van der Waals surface area contributed by atoms with Crippen LogP contribution in [0.4, 0.5) is 0 Å². The molecule has 0 amide bonds. The number of nitrogens with zero attached hydrogens (tertiary/aromatic N) is 2. The van der Waals surface area contributed by atoms with Gasteiger partial charge in [0, 0.05) is 64.3 Å². The van der Waals surface area contributed by atoms with Gasteiger partial charge in [-0.15, -0.1) is 0 Å². The minimum atomic E-state index is -0.870. The van der Waals surface area contributed by atoms with Crippen molar-refractivity contribution in [3.8, 4) is 11.5 Å². The van der Waals surface area contributed by atoms with Gasteiger partial charge in [-0.05, 0) is 71.6 Å². The molecule has 2 aromatic carbocycles. The van der Waals surface area contributed by atoms with Gasteiger partial charge < -0.3 is 20.4 Å². The number of aromatic hydroxyl groups is 2. The number of hydrogen-bond donors (Lipinski definition) is 4. The second-order valence-corrected chi connectivity index (χ2v) is 17.5. The number of carboxylic acid groups (broad SMARTS) is 2. The summed E-state index contributed by atoms with van der Waals surface area (Å²) >= 11 is 0. The van der Waals surface area contributed by atoms with E-state index in [4.69, 9.17) is 20.2 Å². The molecule has 0 aliphatic carbocycles. The molecule has 4 N–H and O–H groups in total. The number of hydrogen-bond acceptors (Lipinski definition) is 6. The van der Waals surface area contributed by atoms with E-state index in [1.165, 1.54) is 11.1 Å². The zero-order valence-corrected chi connectivity index (χ0v) is 33.4. The third-order valence-electron chi connectivity index (χ3n) is 7.92. The van der Waals surface area contributed by atoms with Crippen molar-refractivity contribution < 1.29 is 46.8 Å². The molecule has 2 aromatic rings. The van der Waals surface area contributed by atoms with Crippen LogP contribution in [0.15, 0.2) is 34.3 Å². The fraction of sp³-hybridized carbons (Fsp3) is 0.600. The number of aliphatic carboxylic acids is 2. The average molecular weight is 726 g/mol. The molecular weight excluding hydrogens is 663 g/mol. The van der Waals surface area contributed by atoms with Crippen LogP contribution in [0.3, 0.4) is 0 Å². The normalized spacial score (nSPS) is 12.9. The number of rotatable bonds is 10. The van der Waals surface area contributed by atoms with Gasteiger partial charge in [-0.25, -0.2) is 0 Å². The van der Waals surface area contributed by atoms with Crippen molar-refractivity contribution in [2.24, 2.45) is 9.98 Å². The van der Waals surface area contributed by atoms with Crippen molar-refractivity contribution in [1.82, 2.24) is 0 Å². The number of carbonyl (C=O) groups is 2. The van der Waals surface area contributed by atoms with E-state index in [2.05, 4.69) is 95.2 Å². The van der Waals surface area contributed by atoms with Crippen molar-refractivity contribution in [3.63, 3.8) is 0 Å². The smallest absolute Gasteiger partial charge is 0.303 e. The van der Waals surface area contributed by atoms with Crippen molar-refractivity contribution in [3.05, 3.63) is 57.6 Å². The molecule has 9 heteroatoms. The summed E-state index contributed by atoms with van der Waals surface area (Å²) in [5.74, 6) is -1.17. The second-order valence-electron chi connectivity index (χ2n) is 17.5. The van der Waals surface area contributed by atoms with Crippen LogP contribution in [0, 0.1) is 0 Å². The monoisotopic (exact) mass is 725 g/mol. The molecule has 8 nitrogen and oxygen atoms in total. The van der Waals surface area contributed by atoms with Crippen molar-refractivity contribution in [2.45, 2.75) is 150 Å². The first kappa shape index (κ1) is 45.8. The maximum Gasteiger partial charge on any atom is 0.303 e. The number of carboxylic acids is 2. The minimum Gasteiger partial charge on any atom is -0.507 e. The Morgan fingerprint density at radius 2 is 0.939 bits per heavy atom. The predicted octanol–water partition coefficient (Wildman–Crippen LogP) is 9.32. The van der Waals surface area contributed by atoms with E-state index in [9.17, 15) is 19.8 Å². The molecule has 0 saturated heterocycles. The first-order valence-electron chi connectivity index (χ1n) is 16.8. The quantitative estimate of drug-likeness (QED) is 0.142. The van der Waals surface area contributed by atoms with E-state index in [-0.39, 0.29) is 62.8 Å². The first-order valence-corrected chi connectivity index (χ1v) is 16.8. The van der Waals surface area contributed by atoms with Crippen molar-refractivity contribution >= 4 is 24.4 Å². The Balaban J connectivity index is 0.00000181. The van der Waals surface area contributed by atoms with E-state index < -0.39 is 17.5 Å². The Labute approximate surface area is 305 Å². The average Bonchev–Trinajstić information content (AvgIpc) is 2.89. The molecule has 0 fully saturated rings. The molecule has 277 valence electrons. The summed E-state index contributed by atoms with van der Waals surface area (Å²) in [6.45, 7) is 30.3. The zero-order chi connectivity index (χ0) is 37.5. The molecular formula is C40H62CoN2O6. The van der Waals surface area contributed by atoms with E-state index >= 15 is 0 Å². The van der Waals surface area contributed by atoms with Gasteiger partial charge in [0.25, 0.3) is 0 Å². The fourth-order valence-electron chi connectivity index (χ4n) is 4.73. The molecule has 0 aliphatic rings. The molecule has 0 aromatic heterocycles. The Hall–Kier alpha value is -3.17. The van der Waals surface area contributed by atoms with Crippen LogP contribution >= 0.6 is 0 Å². The van der Waals surface area contributed by atoms with Gasteiger partial charge in [0.15, 0.2) is 0 Å². The molecule has 49 heavy (non-hydrogen) atoms. The Kier molecular flexibility index (Phi) is 16.5. The van der Waals surface area contributed by atoms with Crippen molar-refractivity contribution in [2.75, 3.05) is 6.54 Å². The van der Waals surface area contributed by atoms with Gasteiger partial charge in [-0.1, -0.05) is 95.2 Å². The summed E-state index contributed by atoms with van der Waals surface area (Å²) in [5, 5.41) is 38.4. The number of phenolic OH excluding ortho intramolecular Hbond substituents is 2. The Morgan fingerprint density at radius 3 is 1.24 bits per heavy atom. The molecule has 0 saturated carbocycles. The summed E-state index contributed by atoms with van der Waals surface area (Å²) in [6, 6.07) is 8.31. The third-order valence-corrected chi connectivity index (χ3v) is 7.92. The third kappa shape index (κ3) is 15.5. The summed E-state index contributed by atoms with van der Waals surface area (Å²) in [4.78, 5) is 29.3. The minimum absolute atomic E-state index is 0. The summed E-state index contributed by atoms with van der Waals surface area (Å²) in [6.07, 6.45) is 4.57. The summed E-state index contributed by atoms with van der Waals surface area (Å²) in [5.41, 5.74) is 4.67. The number of aliphatic imine (C=N–C) groups is 2. The maximum atomic E-state index is 11.1. The van der Waals surface area contributed by atoms with E-state index in [0.717, 1.165) is 22.3 Å². The van der Waals surface area contributed by atoms with Crippen LogP contribution < -0.4 is 0 Å². The maximum absolute atomic E-state index is 11.1. The van der Waals surface area contributed by atoms with Crippen LogP contribution in [0.1, 0.15) is 156 Å². The van der Waals surface area contributed by atoms with Crippen LogP contribution in [0.25, 0.3) is 0 Å². The summed E-state index contributed by atoms with van der Waals surface area (Å²) < 4.78 is 0. The standard InChI is InChI=1S/C34H52N2O2.C6H10O4.Co/c1-30(2,3)24-15-22(28(37)26(17-24)32(7,8)9)19-35-21-34(13,14)36-20-23-16-25(31(4,5)6)18-27(29(23)38)33(10,11)12;7-5(8)3-1-2-4-6(9)10;/h15-20,37-38H,21H2,1-14H3;1-4H2,(H,7,8)(H,9,10);. The van der Waals surface area contributed by atoms with Crippen LogP contribution in [-0.4, -0.2) is 56.9 Å². The summed E-state index contributed by atoms with van der Waals surface area (Å²) in [7, 11) is 0. The second kappa shape index (κ2) is 17.7. The van der Waals surface area contributed by atoms with E-state index in [1.54, 1.807) is 12.4 Å². The number of phenols is 2. The molecule has 0 bridgehead atoms. The van der Waals surface area contributed by atoms with E-state index in [0.29, 0.717) is 19.4 Å². The molecule has 0 unspecified atom stereocenters. The topological polar surface area (TPSA) is 140 Å². The largest absolute Gasteiger partial charge is 0.507 e. The van der Waals surface area contributed by atoms with Gasteiger partial charge in [-0.3, -0.25) is 19.6 Å². The van der Waals surface area contributed by atoms with Gasteiger partial charge in [0.2, 0.25) is 0 Å². The SMILES string of the molecule is CC(C)(CN=Cc1cc(C(C)(C)C)cc(C(C)(C)C)c1O)N=Cc1cc(C(C)(C)C)cc(C(C)(C)C)c1O.O=C(O)CCCCC(=O)O.[Co]. The van der Waals surface area contributed by atoms with Gasteiger partial charge in [-0.2, -0.15) is 0 Å². The fourth-order valence-corrected chi connectivity index (χ4v) is 4.73. The van der Waals surface area contributed by atoms with Gasteiger partial charge in [0.1, 0.15) is 11.5 Å². The van der Waals surface area contributed by atoms with Crippen LogP contribution in [0.2, 0.25) is 0 Å². The Morgan fingerprint density at radius 1 is 0.592 bits per heavy atom. The molecule has 0 heterocycles. The van der Waals surface area contributed by atoms with Gasteiger partial charge in [0.05, 0.1) is 12.1 Å². The zero-order valence-electron chi connectivity index (χ0n) is 32.3. The molecule has 0 aliphatic heterocycles. The van der Waals surface area contributed by atoms with Crippen LogP contribution in [-0.2, 0) is 48.0 Å². The molecule has 2 rings (SSSR count). The van der Waals surface area contributed by atoms with Gasteiger partial charge >= 0.3 is 11.9 Å². The molecule has 1 radical (unpaired) electrons. The van der Waals surface area contributed by atoms with E-state index in [1.807, 2.05) is 26.0 Å². The predicted molar refractivity (Wildman–Crippen MR) is 199 cm³/mol. The number of benzene rings is 2. The Bertz CT molecular complexity index is 1460. The van der Waals surface area contributed by atoms with Crippen LogP contribution in [0.5, 0.6) is 11.5 Å². The molecule has 0 atom stereocenters. The van der Waals surface area contributed by atoms with Crippen molar-refractivity contribution in [1.29, 1.82) is 0 Å². The number of unbranched alkanes of at least 4 members (excludes halogenated alkanes) is 1.